The summed E-state index contributed by atoms with van der Waals surface area (Å²) in [5.41, 5.74) is 4.03. The molecule has 6 nitrogen and oxygen atoms in total. The van der Waals surface area contributed by atoms with Gasteiger partial charge in [-0.1, -0.05) is 24.3 Å². The third kappa shape index (κ3) is 3.39. The first-order chi connectivity index (χ1) is 12.3. The van der Waals surface area contributed by atoms with Crippen molar-refractivity contribution in [3.05, 3.63) is 65.5 Å². The normalized spacial score (nSPS) is 15.0. The maximum absolute atomic E-state index is 13.1. The molecule has 0 fully saturated rings. The molecule has 26 heavy (non-hydrogen) atoms. The van der Waals surface area contributed by atoms with Gasteiger partial charge in [0.05, 0.1) is 4.90 Å². The predicted octanol–water partition coefficient (Wildman–Crippen LogP) is 2.24. The van der Waals surface area contributed by atoms with E-state index in [9.17, 15) is 17.6 Å². The monoisotopic (exact) mass is 376 g/mol. The molecule has 2 aromatic rings. The second-order valence-corrected chi connectivity index (χ2v) is 7.89. The molecule has 1 amide bonds. The van der Waals surface area contributed by atoms with Gasteiger partial charge >= 0.3 is 0 Å². The van der Waals surface area contributed by atoms with Crippen molar-refractivity contribution >= 4 is 15.9 Å². The second kappa shape index (κ2) is 6.99. The van der Waals surface area contributed by atoms with E-state index in [0.717, 1.165) is 21.0 Å². The number of carbonyl (C=O) groups is 1. The Morgan fingerprint density at radius 2 is 1.88 bits per heavy atom. The highest BCUT2D eigenvalue weighted by atomic mass is 32.2. The molecule has 136 valence electrons. The minimum absolute atomic E-state index is 0.0594. The lowest BCUT2D eigenvalue weighted by Gasteiger charge is -2.17. The summed E-state index contributed by atoms with van der Waals surface area (Å²) in [6, 6.07) is 10.7. The van der Waals surface area contributed by atoms with Crippen LogP contribution in [0.3, 0.4) is 0 Å². The molecule has 0 saturated heterocycles. The second-order valence-electron chi connectivity index (χ2n) is 5.95. The Hall–Kier alpha value is -2.55. The van der Waals surface area contributed by atoms with E-state index in [1.165, 1.54) is 29.8 Å². The van der Waals surface area contributed by atoms with E-state index in [2.05, 4.69) is 0 Å². The molecule has 2 aromatic carbocycles. The van der Waals surface area contributed by atoms with Crippen molar-refractivity contribution in [2.45, 2.75) is 11.8 Å². The van der Waals surface area contributed by atoms with E-state index in [0.29, 0.717) is 0 Å². The lowest BCUT2D eigenvalue weighted by molar-refractivity contribution is -0.125. The Balaban J connectivity index is 1.87. The van der Waals surface area contributed by atoms with Crippen LogP contribution in [-0.2, 0) is 14.8 Å². The van der Waals surface area contributed by atoms with E-state index >= 15 is 0 Å². The van der Waals surface area contributed by atoms with E-state index in [1.54, 1.807) is 31.2 Å². The number of hydrogen-bond acceptors (Lipinski definition) is 4. The number of sulfonamides is 1. The molecule has 2 N–H and O–H groups in total. The van der Waals surface area contributed by atoms with Crippen LogP contribution in [0.5, 0.6) is 0 Å². The number of nitrogens with zero attached hydrogens (tertiary/aromatic N) is 1. The number of halogens is 1. The van der Waals surface area contributed by atoms with Crippen LogP contribution in [-0.4, -0.2) is 36.9 Å². The summed E-state index contributed by atoms with van der Waals surface area (Å²) in [6.07, 6.45) is 1.46. The first-order valence-electron chi connectivity index (χ1n) is 7.83. The zero-order chi connectivity index (χ0) is 18.9. The maximum atomic E-state index is 13.1. The van der Waals surface area contributed by atoms with Crippen LogP contribution in [0.4, 0.5) is 4.39 Å². The van der Waals surface area contributed by atoms with E-state index in [1.807, 2.05) is 0 Å². The molecule has 1 aliphatic heterocycles. The Morgan fingerprint density at radius 3 is 2.50 bits per heavy atom. The number of nitrogens with one attached hydrogen (secondary N) is 1. The molecule has 0 radical (unpaired) electrons. The zero-order valence-corrected chi connectivity index (χ0v) is 14.8. The van der Waals surface area contributed by atoms with Crippen LogP contribution >= 0.6 is 0 Å². The van der Waals surface area contributed by atoms with Crippen molar-refractivity contribution in [2.24, 2.45) is 0 Å². The summed E-state index contributed by atoms with van der Waals surface area (Å²) >= 11 is 0. The summed E-state index contributed by atoms with van der Waals surface area (Å²) in [5, 5.41) is 8.66. The molecule has 0 aliphatic carbocycles. The Morgan fingerprint density at radius 1 is 1.19 bits per heavy atom. The van der Waals surface area contributed by atoms with Gasteiger partial charge in [-0.05, 0) is 47.9 Å². The average molecular weight is 376 g/mol. The summed E-state index contributed by atoms with van der Waals surface area (Å²) < 4.78 is 39.8. The number of aryl methyl sites for hydroxylation is 1. The van der Waals surface area contributed by atoms with Gasteiger partial charge in [0.15, 0.2) is 0 Å². The van der Waals surface area contributed by atoms with Crippen LogP contribution in [0, 0.1) is 12.7 Å². The van der Waals surface area contributed by atoms with Gasteiger partial charge in [0.2, 0.25) is 10.0 Å². The molecule has 0 unspecified atom stereocenters. The topological polar surface area (TPSA) is 86.7 Å². The standard InChI is InChI=1S/C18H17FN2O4S/c1-12-10-16(6-7-17(12)13-2-4-15(19)5-3-13)26(24,25)21-9-8-14(11-21)18(22)20-23/h2-8,10,23H,9,11H2,1H3,(H,20,22). The van der Waals surface area contributed by atoms with Crippen LogP contribution in [0.2, 0.25) is 0 Å². The average Bonchev–Trinajstić information content (AvgIpc) is 3.13. The minimum atomic E-state index is -3.78. The highest BCUT2D eigenvalue weighted by molar-refractivity contribution is 7.89. The van der Waals surface area contributed by atoms with Crippen LogP contribution < -0.4 is 5.48 Å². The lowest BCUT2D eigenvalue weighted by atomic mass is 10.0. The third-order valence-electron chi connectivity index (χ3n) is 4.27. The molecule has 1 aliphatic rings. The summed E-state index contributed by atoms with van der Waals surface area (Å²) in [6.45, 7) is 1.74. The molecule has 0 saturated carbocycles. The van der Waals surface area contributed by atoms with Gasteiger partial charge in [0.1, 0.15) is 5.82 Å². The molecule has 8 heteroatoms. The minimum Gasteiger partial charge on any atom is -0.288 e. The van der Waals surface area contributed by atoms with Crippen molar-refractivity contribution < 1.29 is 22.8 Å². The fraction of sp³-hybridized carbons (Fsp3) is 0.167. The van der Waals surface area contributed by atoms with Gasteiger partial charge < -0.3 is 0 Å². The maximum Gasteiger partial charge on any atom is 0.271 e. The number of amides is 1. The van der Waals surface area contributed by atoms with Crippen molar-refractivity contribution in [3.63, 3.8) is 0 Å². The number of hydroxylamine groups is 1. The van der Waals surface area contributed by atoms with Crippen molar-refractivity contribution in [1.29, 1.82) is 0 Å². The first-order valence-corrected chi connectivity index (χ1v) is 9.27. The van der Waals surface area contributed by atoms with Crippen LogP contribution in [0.15, 0.2) is 59.0 Å². The quantitative estimate of drug-likeness (QED) is 0.633. The van der Waals surface area contributed by atoms with E-state index in [4.69, 9.17) is 5.21 Å². The smallest absolute Gasteiger partial charge is 0.271 e. The highest BCUT2D eigenvalue weighted by Gasteiger charge is 2.30. The number of benzene rings is 2. The third-order valence-corrected chi connectivity index (χ3v) is 6.08. The van der Waals surface area contributed by atoms with Gasteiger partial charge in [0, 0.05) is 18.7 Å². The summed E-state index contributed by atoms with van der Waals surface area (Å²) in [4.78, 5) is 11.5. The Kier molecular flexibility index (Phi) is 4.90. The predicted molar refractivity (Wildman–Crippen MR) is 93.3 cm³/mol. The molecule has 1 heterocycles. The van der Waals surface area contributed by atoms with Gasteiger partial charge in [-0.15, -0.1) is 0 Å². The van der Waals surface area contributed by atoms with E-state index in [-0.39, 0.29) is 29.4 Å². The summed E-state index contributed by atoms with van der Waals surface area (Å²) in [7, 11) is -3.78. The van der Waals surface area contributed by atoms with Crippen molar-refractivity contribution in [3.8, 4) is 11.1 Å². The first kappa shape index (κ1) is 18.2. The summed E-state index contributed by atoms with van der Waals surface area (Å²) in [5.74, 6) is -1.06. The zero-order valence-electron chi connectivity index (χ0n) is 13.9. The Labute approximate surface area is 150 Å². The molecule has 0 spiro atoms. The van der Waals surface area contributed by atoms with Crippen LogP contribution in [0.25, 0.3) is 11.1 Å². The highest BCUT2D eigenvalue weighted by Crippen LogP contribution is 2.28. The van der Waals surface area contributed by atoms with Crippen molar-refractivity contribution in [1.82, 2.24) is 9.79 Å². The molecule has 0 aromatic heterocycles. The lowest BCUT2D eigenvalue weighted by Crippen LogP contribution is -2.31. The largest absolute Gasteiger partial charge is 0.288 e. The molecule has 0 atom stereocenters. The molecular weight excluding hydrogens is 359 g/mol. The van der Waals surface area contributed by atoms with Gasteiger partial charge in [-0.3, -0.25) is 10.0 Å². The van der Waals surface area contributed by atoms with Crippen molar-refractivity contribution in [2.75, 3.05) is 13.1 Å². The number of carbonyl (C=O) groups excluding carboxylic acids is 1. The molecular formula is C18H17FN2O4S. The SMILES string of the molecule is Cc1cc(S(=O)(=O)N2CC=C(C(=O)NO)C2)ccc1-c1ccc(F)cc1. The number of hydrogen-bond donors (Lipinski definition) is 2. The fourth-order valence-corrected chi connectivity index (χ4v) is 4.29. The molecule has 3 rings (SSSR count). The van der Waals surface area contributed by atoms with Gasteiger partial charge in [0.25, 0.3) is 5.91 Å². The van der Waals surface area contributed by atoms with E-state index < -0.39 is 15.9 Å². The number of rotatable bonds is 4. The molecule has 0 bridgehead atoms. The van der Waals surface area contributed by atoms with Gasteiger partial charge in [-0.2, -0.15) is 4.31 Å². The van der Waals surface area contributed by atoms with Gasteiger partial charge in [-0.25, -0.2) is 18.3 Å². The van der Waals surface area contributed by atoms with Crippen LogP contribution in [0.1, 0.15) is 5.56 Å². The Bertz CT molecular complexity index is 985. The fourth-order valence-electron chi connectivity index (χ4n) is 2.85.